The summed E-state index contributed by atoms with van der Waals surface area (Å²) in [4.78, 5) is 0. The monoisotopic (exact) mass is 686 g/mol. The molecule has 4 radical (unpaired) electrons. The van der Waals surface area contributed by atoms with Crippen molar-refractivity contribution < 1.29 is 0 Å². The van der Waals surface area contributed by atoms with E-state index in [2.05, 4.69) is 126 Å². The average Bonchev–Trinajstić information content (AvgIpc) is 2.86. The number of hydrogen-bond donors (Lipinski definition) is 0. The van der Waals surface area contributed by atoms with Gasteiger partial charge in [0.1, 0.15) is 0 Å². The van der Waals surface area contributed by atoms with Crippen LogP contribution in [0.2, 0.25) is 19.6 Å². The Kier molecular flexibility index (Phi) is 13.3. The largest absolute Gasteiger partial charge is 0.706 e. The zero-order valence-electron chi connectivity index (χ0n) is 29.5. The second-order valence-electron chi connectivity index (χ2n) is 15.1. The van der Waals surface area contributed by atoms with E-state index < -0.39 is 8.07 Å². The van der Waals surface area contributed by atoms with E-state index in [1.807, 2.05) is 19.6 Å². The number of rotatable bonds is 8. The van der Waals surface area contributed by atoms with Crippen LogP contribution in [0.4, 0.5) is 0 Å². The quantitative estimate of drug-likeness (QED) is 0.164. The third-order valence-electron chi connectivity index (χ3n) is 7.87. The van der Waals surface area contributed by atoms with Crippen LogP contribution < -0.4 is 3.58 Å². The van der Waals surface area contributed by atoms with E-state index in [0.717, 1.165) is 0 Å². The number of benzene rings is 3. The summed E-state index contributed by atoms with van der Waals surface area (Å²) in [5.74, 6) is 2.98. The van der Waals surface area contributed by atoms with Gasteiger partial charge in [0.2, 0.25) is 0 Å². The zero-order valence-corrected chi connectivity index (χ0v) is 33.4. The molecular formula is C40H58SiSn. The molecule has 3 aromatic carbocycles. The van der Waals surface area contributed by atoms with Crippen molar-refractivity contribution in [2.75, 3.05) is 0 Å². The van der Waals surface area contributed by atoms with Gasteiger partial charge in [-0.15, -0.1) is 0 Å². The molecule has 0 saturated heterocycles. The molecule has 0 fully saturated rings. The first-order valence-electron chi connectivity index (χ1n) is 16.2. The fraction of sp³-hybridized carbons (Fsp3) is 0.525. The van der Waals surface area contributed by atoms with E-state index in [-0.39, 0.29) is 0 Å². The molecule has 0 aliphatic rings. The summed E-state index contributed by atoms with van der Waals surface area (Å²) in [5, 5.41) is 0. The van der Waals surface area contributed by atoms with E-state index in [1.54, 1.807) is 0 Å². The minimum absolute atomic E-state index is 0.479. The van der Waals surface area contributed by atoms with Crippen molar-refractivity contribution in [2.45, 2.75) is 138 Å². The van der Waals surface area contributed by atoms with E-state index in [0.29, 0.717) is 35.5 Å². The molecule has 2 heteroatoms. The Bertz CT molecular complexity index is 1170. The molecule has 3 aromatic rings. The van der Waals surface area contributed by atoms with Crippen LogP contribution in [0.1, 0.15) is 152 Å². The molecule has 0 atom stereocenters. The molecule has 226 valence electrons. The van der Waals surface area contributed by atoms with Crippen LogP contribution >= 0.6 is 0 Å². The maximum atomic E-state index is 7.08. The zero-order chi connectivity index (χ0) is 32.3. The SMILES string of the molecule is CC(C)c1cc(C(C)C)c(-c2cccc(-c3c(C(C)C)cc(C(C)C)cc3C(C)C)[c]2[Sn+])c(C(C)C)c1.[C-][Si](C)(C)C. The fourth-order valence-corrected chi connectivity index (χ4v) is 6.69. The Morgan fingerprint density at radius 3 is 0.929 bits per heavy atom. The Balaban J connectivity index is 0.00000113. The van der Waals surface area contributed by atoms with E-state index in [9.17, 15) is 0 Å². The molecular weight excluding hydrogens is 627 g/mol. The van der Waals surface area contributed by atoms with Crippen molar-refractivity contribution in [1.82, 2.24) is 0 Å². The van der Waals surface area contributed by atoms with Gasteiger partial charge < -0.3 is 6.55 Å². The number of hydrogen-bond acceptors (Lipinski definition) is 0. The van der Waals surface area contributed by atoms with Gasteiger partial charge in [0.05, 0.1) is 0 Å². The minimum Gasteiger partial charge on any atom is -0.706 e. The molecule has 0 saturated carbocycles. The van der Waals surface area contributed by atoms with E-state index in [4.69, 9.17) is 6.55 Å². The van der Waals surface area contributed by atoms with Crippen molar-refractivity contribution in [3.8, 4) is 22.3 Å². The molecule has 0 nitrogen and oxygen atoms in total. The van der Waals surface area contributed by atoms with Crippen molar-refractivity contribution in [1.29, 1.82) is 0 Å². The van der Waals surface area contributed by atoms with Crippen LogP contribution in [0.25, 0.3) is 22.3 Å². The predicted molar refractivity (Wildman–Crippen MR) is 194 cm³/mol. The summed E-state index contributed by atoms with van der Waals surface area (Å²) < 4.78 is 1.50. The first-order chi connectivity index (χ1) is 19.3. The van der Waals surface area contributed by atoms with Crippen LogP contribution in [0.5, 0.6) is 0 Å². The normalized spacial score (nSPS) is 12.2. The van der Waals surface area contributed by atoms with Gasteiger partial charge in [0, 0.05) is 0 Å². The Labute approximate surface area is 275 Å². The molecule has 0 amide bonds. The second kappa shape index (κ2) is 15.1. The van der Waals surface area contributed by atoms with Crippen molar-refractivity contribution >= 4 is 34.2 Å². The van der Waals surface area contributed by atoms with Gasteiger partial charge in [0.15, 0.2) is 0 Å². The molecule has 0 aromatic heterocycles. The molecule has 0 aliphatic carbocycles. The van der Waals surface area contributed by atoms with Gasteiger partial charge in [-0.05, 0) is 0 Å². The standard InChI is InChI=1S/C36H49.C4H9Si.Sn/c1-21(2)29-17-31(23(5)6)35(32(18-29)24(7)8)27-14-13-15-28(16-27)36-33(25(9)10)19-30(22(3)4)20-34(36)26(11)12;1-5(2,3)4;/h13-15,17-26H,1-12H3;1-3H3;/q;-1;+1. The molecule has 0 N–H and O–H groups in total. The first-order valence-corrected chi connectivity index (χ1v) is 21.1. The molecule has 0 aliphatic heterocycles. The second-order valence-corrected chi connectivity index (χ2v) is 21.0. The molecule has 0 bridgehead atoms. The maximum absolute atomic E-state index is 7.08. The van der Waals surface area contributed by atoms with Crippen LogP contribution in [0, 0.1) is 6.55 Å². The molecule has 3 rings (SSSR count). The summed E-state index contributed by atoms with van der Waals surface area (Å²) in [6.07, 6.45) is 0. The summed E-state index contributed by atoms with van der Waals surface area (Å²) in [7, 11) is -1.36. The summed E-state index contributed by atoms with van der Waals surface area (Å²) >= 11 is 1.49. The van der Waals surface area contributed by atoms with Crippen molar-refractivity contribution in [3.63, 3.8) is 0 Å². The summed E-state index contributed by atoms with van der Waals surface area (Å²) in [6, 6.07) is 17.1. The Morgan fingerprint density at radius 2 is 0.738 bits per heavy atom. The minimum atomic E-state index is -1.36. The van der Waals surface area contributed by atoms with Crippen LogP contribution in [0.15, 0.2) is 42.5 Å². The van der Waals surface area contributed by atoms with E-state index >= 15 is 0 Å². The molecule has 0 spiro atoms. The molecule has 0 unspecified atom stereocenters. The topological polar surface area (TPSA) is 0 Å². The smallest absolute Gasteiger partial charge is 0.0986 e. The van der Waals surface area contributed by atoms with Gasteiger partial charge >= 0.3 is 243 Å². The van der Waals surface area contributed by atoms with Crippen LogP contribution in [-0.2, 0) is 0 Å². The van der Waals surface area contributed by atoms with Gasteiger partial charge in [-0.2, -0.15) is 8.07 Å². The molecule has 42 heavy (non-hydrogen) atoms. The molecule has 0 heterocycles. The Hall–Kier alpha value is -1.32. The van der Waals surface area contributed by atoms with Crippen LogP contribution in [0.3, 0.4) is 0 Å². The summed E-state index contributed by atoms with van der Waals surface area (Å²) in [6.45, 7) is 41.2. The maximum Gasteiger partial charge on any atom is -0.0986 e. The van der Waals surface area contributed by atoms with Gasteiger partial charge in [-0.1, -0.05) is 19.6 Å². The van der Waals surface area contributed by atoms with Crippen molar-refractivity contribution in [2.24, 2.45) is 0 Å². The summed E-state index contributed by atoms with van der Waals surface area (Å²) in [5.41, 5.74) is 14.8. The third-order valence-corrected chi connectivity index (χ3v) is 9.41. The third kappa shape index (κ3) is 9.34. The van der Waals surface area contributed by atoms with Gasteiger partial charge in [0.25, 0.3) is 0 Å². The van der Waals surface area contributed by atoms with E-state index in [1.165, 1.54) is 81.7 Å². The fourth-order valence-electron chi connectivity index (χ4n) is 5.50. The average molecular weight is 686 g/mol. The van der Waals surface area contributed by atoms with Crippen LogP contribution in [-0.4, -0.2) is 30.6 Å². The first kappa shape index (κ1) is 36.9. The predicted octanol–water partition coefficient (Wildman–Crippen LogP) is 12.0. The van der Waals surface area contributed by atoms with Gasteiger partial charge in [-0.3, -0.25) is 0 Å². The Morgan fingerprint density at radius 1 is 0.500 bits per heavy atom. The van der Waals surface area contributed by atoms with Gasteiger partial charge in [-0.25, -0.2) is 0 Å². The van der Waals surface area contributed by atoms with Crippen molar-refractivity contribution in [3.05, 3.63) is 82.4 Å².